The summed E-state index contributed by atoms with van der Waals surface area (Å²) in [6, 6.07) is 10.8. The molecule has 0 heterocycles. The molecule has 0 fully saturated rings. The first kappa shape index (κ1) is 13.7. The van der Waals surface area contributed by atoms with E-state index in [0.29, 0.717) is 5.56 Å². The number of Topliss-reactive ketones (excluding diaryl/α,β-unsaturated/α-hetero) is 1. The maximum Gasteiger partial charge on any atom is 0.273 e. The lowest BCUT2D eigenvalue weighted by molar-refractivity contribution is -0.385. The molecule has 1 N–H and O–H groups in total. The summed E-state index contributed by atoms with van der Waals surface area (Å²) in [6.45, 7) is 1.80. The molecule has 0 aromatic heterocycles. The monoisotopic (exact) mass is 271 g/mol. The number of benzene rings is 2. The minimum absolute atomic E-state index is 0.0903. The minimum atomic E-state index is -0.516. The van der Waals surface area contributed by atoms with Crippen LogP contribution in [0.3, 0.4) is 0 Å². The van der Waals surface area contributed by atoms with Crippen molar-refractivity contribution in [2.75, 3.05) is 0 Å². The SMILES string of the molecule is Cc1ccc(C(=O)Cc2ccccc2[N+](=O)[O-])c(O)c1. The van der Waals surface area contributed by atoms with Crippen molar-refractivity contribution in [2.24, 2.45) is 0 Å². The Labute approximate surface area is 115 Å². The third-order valence-electron chi connectivity index (χ3n) is 2.99. The van der Waals surface area contributed by atoms with E-state index in [4.69, 9.17) is 0 Å². The molecule has 0 amide bonds. The summed E-state index contributed by atoms with van der Waals surface area (Å²) in [5.74, 6) is -0.453. The van der Waals surface area contributed by atoms with Gasteiger partial charge in [0.15, 0.2) is 5.78 Å². The number of carbonyl (C=O) groups excluding carboxylic acids is 1. The Kier molecular flexibility index (Phi) is 3.79. The van der Waals surface area contributed by atoms with E-state index in [0.717, 1.165) is 5.56 Å². The molecule has 20 heavy (non-hydrogen) atoms. The average Bonchev–Trinajstić information content (AvgIpc) is 2.38. The lowest BCUT2D eigenvalue weighted by atomic mass is 10.00. The van der Waals surface area contributed by atoms with Gasteiger partial charge in [0.2, 0.25) is 0 Å². The maximum atomic E-state index is 12.1. The number of aromatic hydroxyl groups is 1. The van der Waals surface area contributed by atoms with Gasteiger partial charge < -0.3 is 5.11 Å². The number of nitro groups is 1. The van der Waals surface area contributed by atoms with E-state index in [1.807, 2.05) is 0 Å². The van der Waals surface area contributed by atoms with Gasteiger partial charge in [0.25, 0.3) is 5.69 Å². The number of phenols is 1. The normalized spacial score (nSPS) is 10.2. The Hall–Kier alpha value is -2.69. The van der Waals surface area contributed by atoms with Crippen molar-refractivity contribution in [3.05, 3.63) is 69.3 Å². The molecule has 5 heteroatoms. The molecule has 102 valence electrons. The van der Waals surface area contributed by atoms with Crippen LogP contribution in [0.4, 0.5) is 5.69 Å². The first-order valence-electron chi connectivity index (χ1n) is 6.04. The molecule has 0 saturated heterocycles. The highest BCUT2D eigenvalue weighted by atomic mass is 16.6. The van der Waals surface area contributed by atoms with Crippen LogP contribution in [0.1, 0.15) is 21.5 Å². The molecular weight excluding hydrogens is 258 g/mol. The zero-order valence-corrected chi connectivity index (χ0v) is 10.9. The maximum absolute atomic E-state index is 12.1. The van der Waals surface area contributed by atoms with Crippen LogP contribution in [0.2, 0.25) is 0 Å². The predicted octanol–water partition coefficient (Wildman–Crippen LogP) is 3.03. The fourth-order valence-corrected chi connectivity index (χ4v) is 1.98. The summed E-state index contributed by atoms with van der Waals surface area (Å²) in [5, 5.41) is 20.7. The van der Waals surface area contributed by atoms with Crippen LogP contribution in [-0.2, 0) is 6.42 Å². The van der Waals surface area contributed by atoms with Crippen LogP contribution in [0.15, 0.2) is 42.5 Å². The predicted molar refractivity (Wildman–Crippen MR) is 74.0 cm³/mol. The van der Waals surface area contributed by atoms with Crippen LogP contribution >= 0.6 is 0 Å². The summed E-state index contributed by atoms with van der Waals surface area (Å²) in [7, 11) is 0. The largest absolute Gasteiger partial charge is 0.507 e. The molecule has 0 aliphatic carbocycles. The molecule has 0 atom stereocenters. The molecule has 0 bridgehead atoms. The van der Waals surface area contributed by atoms with E-state index in [1.54, 1.807) is 31.2 Å². The van der Waals surface area contributed by atoms with Crippen LogP contribution in [0.25, 0.3) is 0 Å². The van der Waals surface area contributed by atoms with Crippen molar-refractivity contribution >= 4 is 11.5 Å². The Bertz CT molecular complexity index is 679. The Balaban J connectivity index is 2.30. The highest BCUT2D eigenvalue weighted by Gasteiger charge is 2.18. The molecular formula is C15H13NO4. The van der Waals surface area contributed by atoms with Crippen molar-refractivity contribution in [3.8, 4) is 5.75 Å². The lowest BCUT2D eigenvalue weighted by Gasteiger charge is -2.05. The number of carbonyl (C=O) groups is 1. The third kappa shape index (κ3) is 2.83. The van der Waals surface area contributed by atoms with Crippen molar-refractivity contribution in [1.82, 2.24) is 0 Å². The summed E-state index contributed by atoms with van der Waals surface area (Å²) in [6.07, 6.45) is -0.117. The van der Waals surface area contributed by atoms with Gasteiger partial charge in [-0.2, -0.15) is 0 Å². The molecule has 0 aliphatic heterocycles. The van der Waals surface area contributed by atoms with Gasteiger partial charge in [0, 0.05) is 18.1 Å². The topological polar surface area (TPSA) is 80.4 Å². The lowest BCUT2D eigenvalue weighted by Crippen LogP contribution is -2.06. The summed E-state index contributed by atoms with van der Waals surface area (Å²) < 4.78 is 0. The van der Waals surface area contributed by atoms with E-state index in [2.05, 4.69) is 0 Å². The smallest absolute Gasteiger partial charge is 0.273 e. The second kappa shape index (κ2) is 5.52. The van der Waals surface area contributed by atoms with E-state index in [9.17, 15) is 20.0 Å². The highest BCUT2D eigenvalue weighted by Crippen LogP contribution is 2.23. The molecule has 0 spiro atoms. The van der Waals surface area contributed by atoms with Gasteiger partial charge in [-0.05, 0) is 24.6 Å². The third-order valence-corrected chi connectivity index (χ3v) is 2.99. The number of nitrogens with zero attached hydrogens (tertiary/aromatic N) is 1. The Morgan fingerprint density at radius 3 is 2.60 bits per heavy atom. The van der Waals surface area contributed by atoms with Crippen LogP contribution in [0.5, 0.6) is 5.75 Å². The molecule has 0 aliphatic rings. The fourth-order valence-electron chi connectivity index (χ4n) is 1.98. The number of phenolic OH excluding ortho intramolecular Hbond substituents is 1. The zero-order chi connectivity index (χ0) is 14.7. The van der Waals surface area contributed by atoms with Crippen molar-refractivity contribution in [2.45, 2.75) is 13.3 Å². The summed E-state index contributed by atoms with van der Waals surface area (Å²) in [5.41, 5.74) is 1.26. The highest BCUT2D eigenvalue weighted by molar-refractivity contribution is 6.00. The fraction of sp³-hybridized carbons (Fsp3) is 0.133. The number of hydrogen-bond acceptors (Lipinski definition) is 4. The molecule has 0 saturated carbocycles. The molecule has 0 radical (unpaired) electrons. The molecule has 5 nitrogen and oxygen atoms in total. The number of aryl methyl sites for hydroxylation is 1. The van der Waals surface area contributed by atoms with Gasteiger partial charge in [-0.3, -0.25) is 14.9 Å². The van der Waals surface area contributed by atoms with Gasteiger partial charge >= 0.3 is 0 Å². The number of para-hydroxylation sites is 1. The molecule has 2 aromatic rings. The van der Waals surface area contributed by atoms with Gasteiger partial charge in [0.1, 0.15) is 5.75 Å². The zero-order valence-electron chi connectivity index (χ0n) is 10.9. The summed E-state index contributed by atoms with van der Waals surface area (Å²) in [4.78, 5) is 22.5. The second-order valence-corrected chi connectivity index (χ2v) is 4.51. The Morgan fingerprint density at radius 2 is 1.95 bits per heavy atom. The van der Waals surface area contributed by atoms with Gasteiger partial charge in [0.05, 0.1) is 10.5 Å². The van der Waals surface area contributed by atoms with Gasteiger partial charge in [-0.1, -0.05) is 24.3 Å². The number of nitro benzene ring substituents is 1. The average molecular weight is 271 g/mol. The Morgan fingerprint density at radius 1 is 1.25 bits per heavy atom. The number of hydrogen-bond donors (Lipinski definition) is 1. The van der Waals surface area contributed by atoms with Crippen molar-refractivity contribution < 1.29 is 14.8 Å². The van der Waals surface area contributed by atoms with Gasteiger partial charge in [-0.25, -0.2) is 0 Å². The van der Waals surface area contributed by atoms with Crippen molar-refractivity contribution in [3.63, 3.8) is 0 Å². The van der Waals surface area contributed by atoms with Crippen LogP contribution in [0, 0.1) is 17.0 Å². The molecule has 2 aromatic carbocycles. The summed E-state index contributed by atoms with van der Waals surface area (Å²) >= 11 is 0. The van der Waals surface area contributed by atoms with Crippen LogP contribution < -0.4 is 0 Å². The second-order valence-electron chi connectivity index (χ2n) is 4.51. The minimum Gasteiger partial charge on any atom is -0.507 e. The van der Waals surface area contributed by atoms with Gasteiger partial charge in [-0.15, -0.1) is 0 Å². The van der Waals surface area contributed by atoms with E-state index in [-0.39, 0.29) is 29.2 Å². The molecule has 2 rings (SSSR count). The number of rotatable bonds is 4. The molecule has 0 unspecified atom stereocenters. The van der Waals surface area contributed by atoms with E-state index >= 15 is 0 Å². The van der Waals surface area contributed by atoms with E-state index in [1.165, 1.54) is 18.2 Å². The standard InChI is InChI=1S/C15H13NO4/c1-10-6-7-12(14(17)8-10)15(18)9-11-4-2-3-5-13(11)16(19)20/h2-8,17H,9H2,1H3. The first-order chi connectivity index (χ1) is 9.49. The first-order valence-corrected chi connectivity index (χ1v) is 6.04. The van der Waals surface area contributed by atoms with Crippen molar-refractivity contribution in [1.29, 1.82) is 0 Å². The van der Waals surface area contributed by atoms with Crippen LogP contribution in [-0.4, -0.2) is 15.8 Å². The quantitative estimate of drug-likeness (QED) is 0.526. The van der Waals surface area contributed by atoms with E-state index < -0.39 is 4.92 Å². The number of ketones is 1.